The molecule has 2 rings (SSSR count). The Morgan fingerprint density at radius 3 is 2.81 bits per heavy atom. The zero-order valence-electron chi connectivity index (χ0n) is 12.1. The number of likely N-dealkylation sites (N-methyl/N-ethyl adjacent to an activating group) is 1. The third kappa shape index (κ3) is 3.77. The average Bonchev–Trinajstić information content (AvgIpc) is 2.84. The molecule has 0 aliphatic heterocycles. The second-order valence-corrected chi connectivity index (χ2v) is 5.91. The van der Waals surface area contributed by atoms with Gasteiger partial charge in [-0.25, -0.2) is 0 Å². The smallest absolute Gasteiger partial charge is 0.325 e. The van der Waals surface area contributed by atoms with Crippen molar-refractivity contribution in [3.05, 3.63) is 39.8 Å². The lowest BCUT2D eigenvalue weighted by Crippen LogP contribution is -2.30. The summed E-state index contributed by atoms with van der Waals surface area (Å²) in [5, 5.41) is 19.2. The van der Waals surface area contributed by atoms with Gasteiger partial charge in [0.05, 0.1) is 13.7 Å². The van der Waals surface area contributed by atoms with Crippen LogP contribution in [0, 0.1) is 6.92 Å². The summed E-state index contributed by atoms with van der Waals surface area (Å²) in [5.74, 6) is -0.272. The predicted molar refractivity (Wildman–Crippen MR) is 79.5 cm³/mol. The maximum absolute atomic E-state index is 11.6. The molecule has 2 aromatic rings. The highest BCUT2D eigenvalue weighted by molar-refractivity contribution is 7.11. The number of carboxylic acid groups (broad SMARTS) is 1. The van der Waals surface area contributed by atoms with Gasteiger partial charge in [0.2, 0.25) is 0 Å². The second-order valence-electron chi connectivity index (χ2n) is 4.65. The number of rotatable bonds is 6. The fourth-order valence-corrected chi connectivity index (χ4v) is 2.88. The molecule has 112 valence electrons. The van der Waals surface area contributed by atoms with E-state index >= 15 is 0 Å². The van der Waals surface area contributed by atoms with Crippen molar-refractivity contribution in [2.24, 2.45) is 0 Å². The molecule has 1 aromatic heterocycles. The number of hydrogen-bond donors (Lipinski definition) is 1. The maximum atomic E-state index is 11.6. The molecular weight excluding hydrogens is 290 g/mol. The number of carbonyl (C=O) groups is 1. The molecule has 1 unspecified atom stereocenters. The molecule has 7 heteroatoms. The van der Waals surface area contributed by atoms with Crippen LogP contribution in [0.25, 0.3) is 0 Å². The minimum Gasteiger partial charge on any atom is -0.497 e. The molecular formula is C14H17N3O3S. The van der Waals surface area contributed by atoms with Crippen molar-refractivity contribution < 1.29 is 14.6 Å². The van der Waals surface area contributed by atoms with E-state index in [0.717, 1.165) is 10.0 Å². The number of nitrogens with zero attached hydrogens (tertiary/aromatic N) is 3. The van der Waals surface area contributed by atoms with E-state index in [2.05, 4.69) is 10.2 Å². The van der Waals surface area contributed by atoms with Crippen LogP contribution in [0.2, 0.25) is 0 Å². The molecule has 1 heterocycles. The average molecular weight is 307 g/mol. The summed E-state index contributed by atoms with van der Waals surface area (Å²) in [7, 11) is 3.32. The molecule has 21 heavy (non-hydrogen) atoms. The number of aliphatic carboxylic acids is 1. The number of carboxylic acids is 1. The van der Waals surface area contributed by atoms with Gasteiger partial charge in [-0.15, -0.1) is 21.5 Å². The van der Waals surface area contributed by atoms with Crippen molar-refractivity contribution in [2.75, 3.05) is 14.2 Å². The van der Waals surface area contributed by atoms with Gasteiger partial charge in [0.25, 0.3) is 0 Å². The van der Waals surface area contributed by atoms with Crippen LogP contribution in [-0.2, 0) is 11.3 Å². The fourth-order valence-electron chi connectivity index (χ4n) is 2.10. The molecule has 6 nitrogen and oxygen atoms in total. The molecule has 0 saturated heterocycles. The van der Waals surface area contributed by atoms with Gasteiger partial charge >= 0.3 is 5.97 Å². The third-order valence-electron chi connectivity index (χ3n) is 3.04. The van der Waals surface area contributed by atoms with Crippen LogP contribution >= 0.6 is 11.3 Å². The van der Waals surface area contributed by atoms with Gasteiger partial charge in [-0.3, -0.25) is 9.69 Å². The van der Waals surface area contributed by atoms with Crippen molar-refractivity contribution in [3.8, 4) is 5.75 Å². The Hall–Kier alpha value is -1.99. The zero-order chi connectivity index (χ0) is 15.4. The number of methoxy groups -OCH3 is 1. The lowest BCUT2D eigenvalue weighted by atomic mass is 10.1. The lowest BCUT2D eigenvalue weighted by Gasteiger charge is -2.24. The summed E-state index contributed by atoms with van der Waals surface area (Å²) >= 11 is 1.47. The van der Waals surface area contributed by atoms with E-state index in [1.54, 1.807) is 43.3 Å². The Kier molecular flexibility index (Phi) is 4.87. The normalized spacial score (nSPS) is 12.4. The number of aryl methyl sites for hydroxylation is 1. The van der Waals surface area contributed by atoms with E-state index in [-0.39, 0.29) is 0 Å². The lowest BCUT2D eigenvalue weighted by molar-refractivity contribution is -0.143. The van der Waals surface area contributed by atoms with Gasteiger partial charge in [-0.2, -0.15) is 0 Å². The van der Waals surface area contributed by atoms with E-state index in [0.29, 0.717) is 17.9 Å². The monoisotopic (exact) mass is 307 g/mol. The number of hydrogen-bond acceptors (Lipinski definition) is 6. The van der Waals surface area contributed by atoms with E-state index in [4.69, 9.17) is 4.74 Å². The molecule has 0 radical (unpaired) electrons. The summed E-state index contributed by atoms with van der Waals surface area (Å²) in [6, 6.07) is 6.33. The highest BCUT2D eigenvalue weighted by Gasteiger charge is 2.26. The largest absolute Gasteiger partial charge is 0.497 e. The molecule has 1 atom stereocenters. The maximum Gasteiger partial charge on any atom is 0.325 e. The quantitative estimate of drug-likeness (QED) is 0.881. The number of ether oxygens (including phenoxy) is 1. The molecule has 0 amide bonds. The topological polar surface area (TPSA) is 75.6 Å². The molecule has 1 N–H and O–H groups in total. The second kappa shape index (κ2) is 6.64. The van der Waals surface area contributed by atoms with Crippen LogP contribution in [0.3, 0.4) is 0 Å². The Morgan fingerprint density at radius 2 is 2.24 bits per heavy atom. The van der Waals surface area contributed by atoms with E-state index in [1.807, 2.05) is 6.92 Å². The summed E-state index contributed by atoms with van der Waals surface area (Å²) in [6.45, 7) is 2.30. The molecule has 0 aliphatic rings. The van der Waals surface area contributed by atoms with Crippen LogP contribution in [-0.4, -0.2) is 40.3 Å². The highest BCUT2D eigenvalue weighted by atomic mass is 32.1. The zero-order valence-corrected chi connectivity index (χ0v) is 12.9. The van der Waals surface area contributed by atoms with Crippen molar-refractivity contribution >= 4 is 17.3 Å². The predicted octanol–water partition coefficient (Wildman–Crippen LogP) is 2.11. The molecule has 0 aliphatic carbocycles. The Balaban J connectivity index is 2.23. The van der Waals surface area contributed by atoms with Crippen molar-refractivity contribution in [3.63, 3.8) is 0 Å². The summed E-state index contributed by atoms with van der Waals surface area (Å²) in [5.41, 5.74) is 0.672. The SMILES string of the molecule is COc1cccc(C(C(=O)O)N(C)Cc2nnc(C)s2)c1. The molecule has 0 bridgehead atoms. The number of aromatic nitrogens is 2. The van der Waals surface area contributed by atoms with Crippen LogP contribution in [0.1, 0.15) is 21.6 Å². The summed E-state index contributed by atoms with van der Waals surface area (Å²) in [6.07, 6.45) is 0. The molecule has 1 aromatic carbocycles. The third-order valence-corrected chi connectivity index (χ3v) is 3.86. The highest BCUT2D eigenvalue weighted by Crippen LogP contribution is 2.25. The Bertz CT molecular complexity index is 629. The minimum atomic E-state index is -0.910. The van der Waals surface area contributed by atoms with Crippen LogP contribution in [0.15, 0.2) is 24.3 Å². The van der Waals surface area contributed by atoms with Gasteiger partial charge in [0.15, 0.2) is 0 Å². The van der Waals surface area contributed by atoms with Gasteiger partial charge in [0.1, 0.15) is 21.8 Å². The first-order valence-electron chi connectivity index (χ1n) is 6.37. The van der Waals surface area contributed by atoms with E-state index in [9.17, 15) is 9.90 Å². The first kappa shape index (κ1) is 15.4. The van der Waals surface area contributed by atoms with E-state index in [1.165, 1.54) is 11.3 Å². The molecule has 0 spiro atoms. The molecule has 0 fully saturated rings. The van der Waals surface area contributed by atoms with Gasteiger partial charge in [0, 0.05) is 0 Å². The minimum absolute atomic E-state index is 0.430. The standard InChI is InChI=1S/C14H17N3O3S/c1-9-15-16-12(21-9)8-17(2)13(14(18)19)10-5-4-6-11(7-10)20-3/h4-7,13H,8H2,1-3H3,(H,18,19). The Labute approximate surface area is 127 Å². The van der Waals surface area contributed by atoms with Crippen molar-refractivity contribution in [1.29, 1.82) is 0 Å². The summed E-state index contributed by atoms with van der Waals surface area (Å²) in [4.78, 5) is 13.4. The van der Waals surface area contributed by atoms with Gasteiger partial charge in [-0.1, -0.05) is 12.1 Å². The van der Waals surface area contributed by atoms with Crippen LogP contribution in [0.4, 0.5) is 0 Å². The number of benzene rings is 1. The van der Waals surface area contributed by atoms with Crippen LogP contribution in [0.5, 0.6) is 5.75 Å². The van der Waals surface area contributed by atoms with Crippen molar-refractivity contribution in [1.82, 2.24) is 15.1 Å². The van der Waals surface area contributed by atoms with E-state index < -0.39 is 12.0 Å². The molecule has 0 saturated carbocycles. The first-order chi connectivity index (χ1) is 10.0. The summed E-state index contributed by atoms with van der Waals surface area (Å²) < 4.78 is 5.15. The van der Waals surface area contributed by atoms with Crippen LogP contribution < -0.4 is 4.74 Å². The van der Waals surface area contributed by atoms with Gasteiger partial charge < -0.3 is 9.84 Å². The first-order valence-corrected chi connectivity index (χ1v) is 7.19. The fraction of sp³-hybridized carbons (Fsp3) is 0.357. The van der Waals surface area contributed by atoms with Gasteiger partial charge in [-0.05, 0) is 31.7 Å². The Morgan fingerprint density at radius 1 is 1.48 bits per heavy atom. The van der Waals surface area contributed by atoms with Crippen molar-refractivity contribution in [2.45, 2.75) is 19.5 Å².